The fourth-order valence-electron chi connectivity index (χ4n) is 1.59. The number of rotatable bonds is 7. The van der Waals surface area contributed by atoms with Crippen LogP contribution in [0.4, 0.5) is 5.69 Å². The first kappa shape index (κ1) is 16.8. The molecule has 0 spiro atoms. The number of hydrogen-bond donors (Lipinski definition) is 2. The van der Waals surface area contributed by atoms with E-state index in [1.165, 1.54) is 0 Å². The van der Waals surface area contributed by atoms with Crippen molar-refractivity contribution in [2.75, 3.05) is 18.5 Å². The molecule has 6 nitrogen and oxygen atoms in total. The van der Waals surface area contributed by atoms with Gasteiger partial charge in [-0.2, -0.15) is 10.5 Å². The summed E-state index contributed by atoms with van der Waals surface area (Å²) in [6.45, 7) is 5.76. The van der Waals surface area contributed by atoms with Crippen molar-refractivity contribution in [3.05, 3.63) is 53.9 Å². The molecule has 0 atom stereocenters. The Morgan fingerprint density at radius 1 is 1.45 bits per heavy atom. The molecule has 0 bridgehead atoms. The fraction of sp³-hybridized carbons (Fsp3) is 0.188. The lowest BCUT2D eigenvalue weighted by Crippen LogP contribution is -2.25. The quantitative estimate of drug-likeness (QED) is 0.346. The zero-order chi connectivity index (χ0) is 16.4. The molecule has 0 saturated heterocycles. The lowest BCUT2D eigenvalue weighted by molar-refractivity contribution is -0.138. The Balaban J connectivity index is 3.15. The van der Waals surface area contributed by atoms with Crippen molar-refractivity contribution in [2.45, 2.75) is 6.92 Å². The number of nitrogens with zero attached hydrogens (tertiary/aromatic N) is 2. The summed E-state index contributed by atoms with van der Waals surface area (Å²) in [6.07, 6.45) is 1.59. The molecule has 22 heavy (non-hydrogen) atoms. The van der Waals surface area contributed by atoms with Gasteiger partial charge in [0, 0.05) is 12.2 Å². The molecule has 112 valence electrons. The summed E-state index contributed by atoms with van der Waals surface area (Å²) in [5.41, 5.74) is 0.858. The Kier molecular flexibility index (Phi) is 6.74. The van der Waals surface area contributed by atoms with Crippen LogP contribution < -0.4 is 10.6 Å². The van der Waals surface area contributed by atoms with E-state index in [0.29, 0.717) is 17.8 Å². The van der Waals surface area contributed by atoms with E-state index in [9.17, 15) is 10.1 Å². The number of ether oxygens (including phenoxy) is 1. The van der Waals surface area contributed by atoms with Gasteiger partial charge in [0.2, 0.25) is 0 Å². The molecule has 2 N–H and O–H groups in total. The molecule has 0 unspecified atom stereocenters. The van der Waals surface area contributed by atoms with Gasteiger partial charge in [0.15, 0.2) is 5.57 Å². The highest BCUT2D eigenvalue weighted by Gasteiger charge is 2.17. The van der Waals surface area contributed by atoms with Crippen molar-refractivity contribution >= 4 is 11.7 Å². The van der Waals surface area contributed by atoms with E-state index >= 15 is 0 Å². The first-order chi connectivity index (χ1) is 10.7. The van der Waals surface area contributed by atoms with Crippen molar-refractivity contribution in [1.82, 2.24) is 5.32 Å². The Bertz CT molecular complexity index is 665. The number of benzene rings is 1. The average molecular weight is 296 g/mol. The lowest BCUT2D eigenvalue weighted by atomic mass is 10.2. The first-order valence-corrected chi connectivity index (χ1v) is 6.59. The summed E-state index contributed by atoms with van der Waals surface area (Å²) in [7, 11) is 0. The van der Waals surface area contributed by atoms with E-state index in [4.69, 9.17) is 10.00 Å². The average Bonchev–Trinajstić information content (AvgIpc) is 2.53. The van der Waals surface area contributed by atoms with Crippen molar-refractivity contribution in [1.29, 1.82) is 10.5 Å². The summed E-state index contributed by atoms with van der Waals surface area (Å²) in [5.74, 6) is -0.517. The van der Waals surface area contributed by atoms with Crippen LogP contribution in [0.2, 0.25) is 0 Å². The molecule has 1 rings (SSSR count). The maximum atomic E-state index is 11.8. The molecule has 1 aromatic rings. The van der Waals surface area contributed by atoms with Gasteiger partial charge < -0.3 is 15.4 Å². The maximum absolute atomic E-state index is 11.8. The number of carbonyl (C=O) groups is 1. The third kappa shape index (κ3) is 4.69. The molecule has 0 heterocycles. The first-order valence-electron chi connectivity index (χ1n) is 6.59. The molecular weight excluding hydrogens is 280 g/mol. The summed E-state index contributed by atoms with van der Waals surface area (Å²) in [4.78, 5) is 11.8. The van der Waals surface area contributed by atoms with Crippen LogP contribution in [-0.4, -0.2) is 19.1 Å². The molecule has 0 aromatic heterocycles. The van der Waals surface area contributed by atoms with Gasteiger partial charge in [0.25, 0.3) is 0 Å². The van der Waals surface area contributed by atoms with Crippen LogP contribution in [0.15, 0.2) is 48.3 Å². The molecular formula is C16H16N4O2. The standard InChI is InChI=1S/C16H16N4O2/c1-3-8-19-15(14(11-18)16(21)22-4-2)20-13-7-5-6-12(9-13)10-17/h3,5-7,9,19-20H,1,4,8H2,2H3/b15-14-. The van der Waals surface area contributed by atoms with Crippen molar-refractivity contribution in [2.24, 2.45) is 0 Å². The van der Waals surface area contributed by atoms with Crippen molar-refractivity contribution in [3.8, 4) is 12.1 Å². The van der Waals surface area contributed by atoms with Gasteiger partial charge in [-0.25, -0.2) is 4.79 Å². The van der Waals surface area contributed by atoms with E-state index in [-0.39, 0.29) is 18.0 Å². The van der Waals surface area contributed by atoms with Gasteiger partial charge in [-0.3, -0.25) is 0 Å². The zero-order valence-electron chi connectivity index (χ0n) is 12.2. The van der Waals surface area contributed by atoms with Gasteiger partial charge in [0.05, 0.1) is 18.2 Å². The number of anilines is 1. The second-order valence-corrected chi connectivity index (χ2v) is 4.07. The molecule has 6 heteroatoms. The van der Waals surface area contributed by atoms with E-state index in [0.717, 1.165) is 0 Å². The lowest BCUT2D eigenvalue weighted by Gasteiger charge is -2.14. The Hall–Kier alpha value is -3.25. The largest absolute Gasteiger partial charge is 0.462 e. The molecule has 0 aliphatic heterocycles. The second-order valence-electron chi connectivity index (χ2n) is 4.07. The van der Waals surface area contributed by atoms with Gasteiger partial charge in [-0.05, 0) is 25.1 Å². The number of hydrogen-bond acceptors (Lipinski definition) is 6. The Labute approximate surface area is 129 Å². The molecule has 0 saturated carbocycles. The molecule has 0 aliphatic carbocycles. The van der Waals surface area contributed by atoms with Crippen molar-refractivity contribution < 1.29 is 9.53 Å². The molecule has 0 fully saturated rings. The van der Waals surface area contributed by atoms with Gasteiger partial charge in [-0.1, -0.05) is 12.1 Å². The minimum absolute atomic E-state index is 0.169. The SMILES string of the molecule is C=CCN/C(Nc1cccc(C#N)c1)=C(\C#N)C(=O)OCC. The summed E-state index contributed by atoms with van der Waals surface area (Å²) >= 11 is 0. The van der Waals surface area contributed by atoms with Crippen LogP contribution >= 0.6 is 0 Å². The Morgan fingerprint density at radius 3 is 2.82 bits per heavy atom. The van der Waals surface area contributed by atoms with E-state index in [2.05, 4.69) is 17.2 Å². The van der Waals surface area contributed by atoms with E-state index in [1.54, 1.807) is 37.3 Å². The molecule has 0 amide bonds. The fourth-order valence-corrected chi connectivity index (χ4v) is 1.59. The topological polar surface area (TPSA) is 97.9 Å². The molecule has 0 radical (unpaired) electrons. The monoisotopic (exact) mass is 296 g/mol. The minimum atomic E-state index is -0.722. The van der Waals surface area contributed by atoms with Gasteiger partial charge in [0.1, 0.15) is 11.9 Å². The normalized spacial score (nSPS) is 10.5. The zero-order valence-corrected chi connectivity index (χ0v) is 12.2. The molecule has 0 aliphatic rings. The van der Waals surface area contributed by atoms with Crippen LogP contribution in [-0.2, 0) is 9.53 Å². The van der Waals surface area contributed by atoms with Gasteiger partial charge >= 0.3 is 5.97 Å². The number of nitrogens with one attached hydrogen (secondary N) is 2. The van der Waals surface area contributed by atoms with Crippen LogP contribution in [0, 0.1) is 22.7 Å². The van der Waals surface area contributed by atoms with Crippen LogP contribution in [0.5, 0.6) is 0 Å². The highest BCUT2D eigenvalue weighted by Crippen LogP contribution is 2.14. The van der Waals surface area contributed by atoms with Crippen LogP contribution in [0.3, 0.4) is 0 Å². The number of esters is 1. The minimum Gasteiger partial charge on any atom is -0.462 e. The van der Waals surface area contributed by atoms with Gasteiger partial charge in [-0.15, -0.1) is 6.58 Å². The smallest absolute Gasteiger partial charge is 0.352 e. The van der Waals surface area contributed by atoms with Crippen LogP contribution in [0.25, 0.3) is 0 Å². The third-order valence-electron chi connectivity index (χ3n) is 2.53. The predicted molar refractivity (Wildman–Crippen MR) is 82.3 cm³/mol. The molecule has 1 aromatic carbocycles. The second kappa shape index (κ2) is 8.83. The Morgan fingerprint density at radius 2 is 2.23 bits per heavy atom. The highest BCUT2D eigenvalue weighted by molar-refractivity contribution is 5.94. The highest BCUT2D eigenvalue weighted by atomic mass is 16.5. The van der Waals surface area contributed by atoms with E-state index in [1.807, 2.05) is 12.1 Å². The summed E-state index contributed by atoms with van der Waals surface area (Å²) < 4.78 is 4.86. The van der Waals surface area contributed by atoms with Crippen molar-refractivity contribution in [3.63, 3.8) is 0 Å². The van der Waals surface area contributed by atoms with Crippen LogP contribution in [0.1, 0.15) is 12.5 Å². The number of carbonyl (C=O) groups excluding carboxylic acids is 1. The summed E-state index contributed by atoms with van der Waals surface area (Å²) in [5, 5.41) is 23.9. The van der Waals surface area contributed by atoms with E-state index < -0.39 is 5.97 Å². The maximum Gasteiger partial charge on any atom is 0.352 e. The third-order valence-corrected chi connectivity index (χ3v) is 2.53. The number of nitriles is 2. The summed E-state index contributed by atoms with van der Waals surface area (Å²) in [6, 6.07) is 10.5. The predicted octanol–water partition coefficient (Wildman–Crippen LogP) is 2.04.